The van der Waals surface area contributed by atoms with Gasteiger partial charge in [-0.3, -0.25) is 9.59 Å². The average molecular weight is 833 g/mol. The van der Waals surface area contributed by atoms with Crippen LogP contribution in [0.5, 0.6) is 0 Å². The molecule has 61 heavy (non-hydrogen) atoms. The van der Waals surface area contributed by atoms with Crippen LogP contribution in [0, 0.1) is 17.8 Å². The Morgan fingerprint density at radius 3 is 2.05 bits per heavy atom. The van der Waals surface area contributed by atoms with Gasteiger partial charge < -0.3 is 44.6 Å². The third-order valence-electron chi connectivity index (χ3n) is 13.8. The lowest BCUT2D eigenvalue weighted by molar-refractivity contribution is -0.139. The van der Waals surface area contributed by atoms with Crippen molar-refractivity contribution >= 4 is 24.0 Å². The zero-order valence-electron chi connectivity index (χ0n) is 35.4. The summed E-state index contributed by atoms with van der Waals surface area (Å²) in [6.07, 6.45) is 10.3. The number of aryl methyl sites for hydroxylation is 2. The van der Waals surface area contributed by atoms with Gasteiger partial charge in [-0.25, -0.2) is 19.6 Å². The number of hydrogen-bond donors (Lipinski definition) is 4. The van der Waals surface area contributed by atoms with E-state index >= 15 is 0 Å². The number of imidazole rings is 2. The van der Waals surface area contributed by atoms with E-state index in [0.717, 1.165) is 79.1 Å². The van der Waals surface area contributed by atoms with Crippen molar-refractivity contribution in [2.75, 3.05) is 34.0 Å². The van der Waals surface area contributed by atoms with Gasteiger partial charge in [-0.2, -0.15) is 0 Å². The number of H-pyrrole nitrogens is 2. The number of benzene rings is 2. The number of amides is 4. The first-order chi connectivity index (χ1) is 29.6. The maximum absolute atomic E-state index is 14.0. The van der Waals surface area contributed by atoms with Crippen molar-refractivity contribution in [3.8, 4) is 33.6 Å². The summed E-state index contributed by atoms with van der Waals surface area (Å²) in [5.74, 6) is 1.54. The summed E-state index contributed by atoms with van der Waals surface area (Å²) in [6.45, 7) is 5.60. The number of hydrogen-bond acceptors (Lipinski definition) is 9. The molecule has 2 bridgehead atoms. The van der Waals surface area contributed by atoms with Gasteiger partial charge in [0.1, 0.15) is 23.7 Å². The molecule has 9 rings (SSSR count). The molecule has 3 unspecified atom stereocenters. The fourth-order valence-electron chi connectivity index (χ4n) is 10.6. The van der Waals surface area contributed by atoms with E-state index in [2.05, 4.69) is 57.0 Å². The van der Waals surface area contributed by atoms with Crippen molar-refractivity contribution in [1.82, 2.24) is 40.4 Å². The lowest BCUT2D eigenvalue weighted by Crippen LogP contribution is -2.54. The summed E-state index contributed by atoms with van der Waals surface area (Å²) in [4.78, 5) is 73.2. The van der Waals surface area contributed by atoms with Gasteiger partial charge in [0.25, 0.3) is 0 Å². The zero-order valence-corrected chi connectivity index (χ0v) is 35.4. The van der Waals surface area contributed by atoms with Crippen LogP contribution < -0.4 is 10.6 Å². The van der Waals surface area contributed by atoms with Crippen molar-refractivity contribution in [3.05, 3.63) is 71.6 Å². The fraction of sp³-hybridized carbons (Fsp3) is 0.522. The van der Waals surface area contributed by atoms with Crippen LogP contribution in [0.1, 0.15) is 93.7 Å². The third-order valence-corrected chi connectivity index (χ3v) is 13.8. The number of fused-ring (bicyclic) bond motifs is 5. The Bertz CT molecular complexity index is 2300. The van der Waals surface area contributed by atoms with Crippen LogP contribution in [0.3, 0.4) is 0 Å². The molecule has 3 saturated heterocycles. The molecule has 2 aromatic carbocycles. The number of piperidine rings is 1. The van der Waals surface area contributed by atoms with Crippen LogP contribution in [0.15, 0.2) is 48.8 Å². The standard InChI is InChI=1S/C46H56N8O7/c1-25(2)38(51-45(57)59-3)44(56)54-32-12-9-31(22-32)40(54)42-48-24-36(50-42)30-11-14-34-28(21-30)8-7-27-20-29(10-13-33(27)34)35-23-47-41(49-35)37-6-5-17-53(37)43(55)39(52-46(58)60-4)26-15-18-61-19-16-26/h10-11,13-14,20-21,23-26,31-32,37-40H,5-9,12,15-19,22H2,1-4H3,(H,47,49)(H,48,50)(H,51,57)(H,52,58)/t31?,32?,37-,38-,39?,40-/m0/s1. The molecule has 5 aliphatic rings. The highest BCUT2D eigenvalue weighted by atomic mass is 16.5. The molecule has 15 heteroatoms. The molecule has 6 atom stereocenters. The molecule has 4 fully saturated rings. The van der Waals surface area contributed by atoms with Crippen molar-refractivity contribution in [2.45, 2.75) is 102 Å². The van der Waals surface area contributed by atoms with Gasteiger partial charge in [-0.05, 0) is 121 Å². The number of nitrogens with zero attached hydrogens (tertiary/aromatic N) is 4. The largest absolute Gasteiger partial charge is 0.453 e. The van der Waals surface area contributed by atoms with Crippen LogP contribution in [0.2, 0.25) is 0 Å². The minimum absolute atomic E-state index is 0.0242. The van der Waals surface area contributed by atoms with Gasteiger partial charge in [0, 0.05) is 25.8 Å². The first kappa shape index (κ1) is 40.7. The number of nitrogens with one attached hydrogen (secondary N) is 4. The molecule has 5 heterocycles. The maximum Gasteiger partial charge on any atom is 0.407 e. The molecule has 3 aliphatic heterocycles. The molecule has 4 N–H and O–H groups in total. The number of carbonyl (C=O) groups is 4. The van der Waals surface area contributed by atoms with Gasteiger partial charge in [-0.15, -0.1) is 0 Å². The van der Waals surface area contributed by atoms with Crippen molar-refractivity contribution in [1.29, 1.82) is 0 Å². The van der Waals surface area contributed by atoms with E-state index < -0.39 is 24.3 Å². The van der Waals surface area contributed by atoms with Crippen LogP contribution in [-0.2, 0) is 36.6 Å². The highest BCUT2D eigenvalue weighted by Crippen LogP contribution is 2.50. The number of alkyl carbamates (subject to hydrolysis) is 2. The molecule has 4 amide bonds. The second-order valence-electron chi connectivity index (χ2n) is 17.6. The lowest BCUT2D eigenvalue weighted by atomic mass is 9.83. The van der Waals surface area contributed by atoms with Crippen molar-refractivity contribution < 1.29 is 33.4 Å². The lowest BCUT2D eigenvalue weighted by Gasteiger charge is -2.37. The summed E-state index contributed by atoms with van der Waals surface area (Å²) < 4.78 is 15.3. The number of aromatic nitrogens is 4. The SMILES string of the molecule is COC(=O)NC(C(=O)N1CCC[C@H]1c1ncc(-c2ccc3c(c2)CCc2cc(-c4cnc([C@@H]5C6CCC(C6)N5C(=O)[C@@H](NC(=O)OC)C(C)C)[nH]4)ccc2-3)[nH]1)C1CCOCC1. The summed E-state index contributed by atoms with van der Waals surface area (Å²) >= 11 is 0. The molecule has 322 valence electrons. The van der Waals surface area contributed by atoms with Gasteiger partial charge in [0.05, 0.1) is 50.1 Å². The number of likely N-dealkylation sites (tertiary alicyclic amines) is 2. The highest BCUT2D eigenvalue weighted by molar-refractivity contribution is 5.88. The molecular formula is C46H56N8O7. The molecule has 0 radical (unpaired) electrons. The Labute approximate surface area is 355 Å². The van der Waals surface area contributed by atoms with E-state index in [0.29, 0.717) is 38.5 Å². The summed E-state index contributed by atoms with van der Waals surface area (Å²) in [7, 11) is 2.63. The van der Waals surface area contributed by atoms with E-state index in [9.17, 15) is 19.2 Å². The Hall–Kier alpha value is -5.70. The molecule has 4 aromatic rings. The van der Waals surface area contributed by atoms with Crippen LogP contribution in [0.4, 0.5) is 9.59 Å². The van der Waals surface area contributed by atoms with Crippen LogP contribution >= 0.6 is 0 Å². The second kappa shape index (κ2) is 17.0. The van der Waals surface area contributed by atoms with Crippen molar-refractivity contribution in [3.63, 3.8) is 0 Å². The molecule has 2 aromatic heterocycles. The van der Waals surface area contributed by atoms with E-state index in [-0.39, 0.29) is 41.8 Å². The minimum atomic E-state index is -0.681. The summed E-state index contributed by atoms with van der Waals surface area (Å²) in [5.41, 5.74) is 8.87. The number of rotatable bonds is 10. The fourth-order valence-corrected chi connectivity index (χ4v) is 10.6. The molecule has 15 nitrogen and oxygen atoms in total. The first-order valence-electron chi connectivity index (χ1n) is 21.9. The Kier molecular flexibility index (Phi) is 11.3. The molecular weight excluding hydrogens is 777 g/mol. The minimum Gasteiger partial charge on any atom is -0.453 e. The van der Waals surface area contributed by atoms with E-state index in [1.165, 1.54) is 36.5 Å². The van der Waals surface area contributed by atoms with Gasteiger partial charge in [0.15, 0.2) is 0 Å². The number of ether oxygens (including phenoxy) is 3. The molecule has 0 spiro atoms. The normalized spacial score (nSPS) is 23.0. The average Bonchev–Trinajstić information content (AvgIpc) is 4.15. The smallest absolute Gasteiger partial charge is 0.407 e. The zero-order chi connectivity index (χ0) is 42.4. The van der Waals surface area contributed by atoms with E-state index in [1.807, 2.05) is 36.0 Å². The predicted molar refractivity (Wildman–Crippen MR) is 226 cm³/mol. The van der Waals surface area contributed by atoms with Crippen molar-refractivity contribution in [2.24, 2.45) is 17.8 Å². The number of carbonyl (C=O) groups excluding carboxylic acids is 4. The second-order valence-corrected chi connectivity index (χ2v) is 17.6. The Balaban J connectivity index is 0.904. The van der Waals surface area contributed by atoms with Crippen LogP contribution in [-0.4, -0.2) is 106 Å². The Morgan fingerprint density at radius 1 is 0.787 bits per heavy atom. The topological polar surface area (TPSA) is 184 Å². The molecule has 1 saturated carbocycles. The predicted octanol–water partition coefficient (Wildman–Crippen LogP) is 6.48. The summed E-state index contributed by atoms with van der Waals surface area (Å²) in [5, 5.41) is 5.60. The van der Waals surface area contributed by atoms with Gasteiger partial charge in [-0.1, -0.05) is 38.1 Å². The number of methoxy groups -OCH3 is 2. The maximum atomic E-state index is 14.0. The Morgan fingerprint density at radius 2 is 1.41 bits per heavy atom. The highest BCUT2D eigenvalue weighted by Gasteiger charge is 2.51. The van der Waals surface area contributed by atoms with Crippen LogP contribution in [0.25, 0.3) is 33.6 Å². The van der Waals surface area contributed by atoms with E-state index in [1.54, 1.807) is 0 Å². The molecule has 2 aliphatic carbocycles. The first-order valence-corrected chi connectivity index (χ1v) is 21.9. The van der Waals surface area contributed by atoms with Gasteiger partial charge >= 0.3 is 12.2 Å². The van der Waals surface area contributed by atoms with E-state index in [4.69, 9.17) is 24.2 Å². The van der Waals surface area contributed by atoms with Gasteiger partial charge in [0.2, 0.25) is 11.8 Å². The number of aromatic amines is 2. The quantitative estimate of drug-likeness (QED) is 0.139. The monoisotopic (exact) mass is 832 g/mol. The summed E-state index contributed by atoms with van der Waals surface area (Å²) in [6, 6.07) is 11.5. The third kappa shape index (κ3) is 7.77.